The molecule has 3 nitrogen and oxygen atoms in total. The second-order valence-electron chi connectivity index (χ2n) is 5.87. The van der Waals surface area contributed by atoms with Gasteiger partial charge in [0.1, 0.15) is 0 Å². The highest BCUT2D eigenvalue weighted by Crippen LogP contribution is 2.12. The fourth-order valence-corrected chi connectivity index (χ4v) is 2.81. The van der Waals surface area contributed by atoms with E-state index in [0.29, 0.717) is 6.42 Å². The predicted octanol–water partition coefficient (Wildman–Crippen LogP) is 5.52. The zero-order chi connectivity index (χ0) is 15.8. The third-order valence-corrected chi connectivity index (χ3v) is 4.44. The Bertz CT molecular complexity index is 334. The molecule has 1 N–H and O–H groups in total. The van der Waals surface area contributed by atoms with Crippen LogP contribution in [0.2, 0.25) is 0 Å². The number of unbranched alkanes of at least 4 members (excludes halogenated alkanes) is 11. The van der Waals surface area contributed by atoms with Gasteiger partial charge in [0.15, 0.2) is 0 Å². The van der Waals surface area contributed by atoms with Crippen molar-refractivity contribution in [3.63, 3.8) is 0 Å². The highest BCUT2D eigenvalue weighted by Gasteiger charge is 2.00. The van der Waals surface area contributed by atoms with Crippen LogP contribution in [-0.2, 0) is 10.1 Å². The van der Waals surface area contributed by atoms with Crippen LogP contribution in [0.4, 0.5) is 0 Å². The summed E-state index contributed by atoms with van der Waals surface area (Å²) in [5, 5.41) is 0. The van der Waals surface area contributed by atoms with E-state index in [0.717, 1.165) is 6.42 Å². The predicted molar refractivity (Wildman–Crippen MR) is 91.3 cm³/mol. The Morgan fingerprint density at radius 1 is 0.714 bits per heavy atom. The van der Waals surface area contributed by atoms with E-state index in [1.807, 2.05) is 12.2 Å². The quantitative estimate of drug-likeness (QED) is 0.246. The highest BCUT2D eigenvalue weighted by atomic mass is 32.2. The Hall–Kier alpha value is -0.350. The van der Waals surface area contributed by atoms with Gasteiger partial charge in [-0.2, -0.15) is 8.42 Å². The molecule has 21 heavy (non-hydrogen) atoms. The van der Waals surface area contributed by atoms with E-state index in [1.54, 1.807) is 0 Å². The third-order valence-electron chi connectivity index (χ3n) is 3.68. The minimum Gasteiger partial charge on any atom is -0.286 e. The van der Waals surface area contributed by atoms with Gasteiger partial charge in [0.2, 0.25) is 0 Å². The van der Waals surface area contributed by atoms with Crippen molar-refractivity contribution >= 4 is 10.1 Å². The standard InChI is InChI=1S/C17H34O3S/c1-2-3-4-5-6-7-8-9-10-11-12-13-14-15-16-17-21(18,19)20/h14-15H,2-13,16-17H2,1H3,(H,18,19,20). The molecule has 0 fully saturated rings. The largest absolute Gasteiger partial charge is 0.286 e. The zero-order valence-corrected chi connectivity index (χ0v) is 14.5. The Balaban J connectivity index is 3.14. The summed E-state index contributed by atoms with van der Waals surface area (Å²) in [6, 6.07) is 0. The average Bonchev–Trinajstić information content (AvgIpc) is 2.42. The second-order valence-corrected chi connectivity index (χ2v) is 7.44. The van der Waals surface area contributed by atoms with Crippen molar-refractivity contribution in [2.75, 3.05) is 5.75 Å². The third kappa shape index (κ3) is 19.6. The first kappa shape index (κ1) is 20.6. The van der Waals surface area contributed by atoms with E-state index in [9.17, 15) is 8.42 Å². The molecule has 0 aliphatic carbocycles. The number of allylic oxidation sites excluding steroid dienone is 2. The number of hydrogen-bond donors (Lipinski definition) is 1. The van der Waals surface area contributed by atoms with Crippen LogP contribution >= 0.6 is 0 Å². The van der Waals surface area contributed by atoms with E-state index >= 15 is 0 Å². The Kier molecular flexibility index (Phi) is 14.3. The van der Waals surface area contributed by atoms with Crippen LogP contribution in [0, 0.1) is 0 Å². The summed E-state index contributed by atoms with van der Waals surface area (Å²) >= 11 is 0. The molecule has 0 saturated heterocycles. The van der Waals surface area contributed by atoms with Gasteiger partial charge in [-0.05, 0) is 19.3 Å². The van der Waals surface area contributed by atoms with E-state index in [2.05, 4.69) is 6.92 Å². The van der Waals surface area contributed by atoms with Crippen molar-refractivity contribution in [3.05, 3.63) is 12.2 Å². The molecule has 0 aromatic heterocycles. The molecule has 0 unspecified atom stereocenters. The first-order chi connectivity index (χ1) is 10.1. The van der Waals surface area contributed by atoms with Gasteiger partial charge in [-0.3, -0.25) is 4.55 Å². The van der Waals surface area contributed by atoms with Gasteiger partial charge >= 0.3 is 0 Å². The molecule has 0 atom stereocenters. The molecule has 0 heterocycles. The molecule has 0 aliphatic rings. The molecule has 126 valence electrons. The molecule has 0 aromatic carbocycles. The van der Waals surface area contributed by atoms with Gasteiger partial charge < -0.3 is 0 Å². The number of rotatable bonds is 15. The SMILES string of the molecule is CCCCCCCCCCCCCC=CCCS(=O)(=O)O. The van der Waals surface area contributed by atoms with Crippen LogP contribution in [0.5, 0.6) is 0 Å². The summed E-state index contributed by atoms with van der Waals surface area (Å²) in [4.78, 5) is 0. The van der Waals surface area contributed by atoms with Crippen molar-refractivity contribution in [3.8, 4) is 0 Å². The smallest absolute Gasteiger partial charge is 0.265 e. The van der Waals surface area contributed by atoms with Gasteiger partial charge in [0.05, 0.1) is 5.75 Å². The molecule has 4 heteroatoms. The zero-order valence-electron chi connectivity index (χ0n) is 13.7. The van der Waals surface area contributed by atoms with Crippen molar-refractivity contribution in [2.24, 2.45) is 0 Å². The van der Waals surface area contributed by atoms with Crippen molar-refractivity contribution < 1.29 is 13.0 Å². The van der Waals surface area contributed by atoms with E-state index < -0.39 is 10.1 Å². The molecular formula is C17H34O3S. The fraction of sp³-hybridized carbons (Fsp3) is 0.882. The fourth-order valence-electron chi connectivity index (χ4n) is 2.38. The van der Waals surface area contributed by atoms with Gasteiger partial charge in [0, 0.05) is 0 Å². The molecule has 0 aliphatic heterocycles. The van der Waals surface area contributed by atoms with Gasteiger partial charge in [0.25, 0.3) is 10.1 Å². The molecular weight excluding hydrogens is 284 g/mol. The lowest BCUT2D eigenvalue weighted by molar-refractivity contribution is 0.483. The molecule has 0 rings (SSSR count). The molecule has 0 bridgehead atoms. The molecule has 0 spiro atoms. The Morgan fingerprint density at radius 2 is 1.14 bits per heavy atom. The Morgan fingerprint density at radius 3 is 1.62 bits per heavy atom. The highest BCUT2D eigenvalue weighted by molar-refractivity contribution is 7.85. The van der Waals surface area contributed by atoms with Gasteiger partial charge in [-0.1, -0.05) is 83.3 Å². The first-order valence-corrected chi connectivity index (χ1v) is 10.3. The first-order valence-electron chi connectivity index (χ1n) is 8.66. The van der Waals surface area contributed by atoms with Crippen LogP contribution in [0.3, 0.4) is 0 Å². The van der Waals surface area contributed by atoms with Crippen LogP contribution in [0.1, 0.15) is 90.4 Å². The van der Waals surface area contributed by atoms with Gasteiger partial charge in [-0.15, -0.1) is 0 Å². The maximum atomic E-state index is 10.5. The van der Waals surface area contributed by atoms with Crippen LogP contribution in [0.25, 0.3) is 0 Å². The van der Waals surface area contributed by atoms with E-state index in [4.69, 9.17) is 4.55 Å². The molecule has 0 radical (unpaired) electrons. The van der Waals surface area contributed by atoms with Gasteiger partial charge in [-0.25, -0.2) is 0 Å². The lowest BCUT2D eigenvalue weighted by Gasteiger charge is -2.01. The van der Waals surface area contributed by atoms with Crippen molar-refractivity contribution in [1.82, 2.24) is 0 Å². The summed E-state index contributed by atoms with van der Waals surface area (Å²) in [6.45, 7) is 2.25. The van der Waals surface area contributed by atoms with Crippen LogP contribution < -0.4 is 0 Å². The lowest BCUT2D eigenvalue weighted by atomic mass is 10.1. The lowest BCUT2D eigenvalue weighted by Crippen LogP contribution is -2.01. The van der Waals surface area contributed by atoms with Crippen LogP contribution in [-0.4, -0.2) is 18.7 Å². The topological polar surface area (TPSA) is 54.4 Å². The van der Waals surface area contributed by atoms with Crippen molar-refractivity contribution in [2.45, 2.75) is 90.4 Å². The maximum Gasteiger partial charge on any atom is 0.265 e. The minimum absolute atomic E-state index is 0.165. The van der Waals surface area contributed by atoms with E-state index in [1.165, 1.54) is 70.6 Å². The Labute approximate surface area is 132 Å². The summed E-state index contributed by atoms with van der Waals surface area (Å²) in [6.07, 6.45) is 20.1. The van der Waals surface area contributed by atoms with Crippen LogP contribution in [0.15, 0.2) is 12.2 Å². The summed E-state index contributed by atoms with van der Waals surface area (Å²) in [7, 11) is -3.79. The second kappa shape index (κ2) is 14.6. The minimum atomic E-state index is -3.79. The molecule has 0 aromatic rings. The monoisotopic (exact) mass is 318 g/mol. The average molecular weight is 319 g/mol. The number of hydrogen-bond acceptors (Lipinski definition) is 2. The molecule has 0 saturated carbocycles. The summed E-state index contributed by atoms with van der Waals surface area (Å²) < 4.78 is 29.5. The summed E-state index contributed by atoms with van der Waals surface area (Å²) in [5.41, 5.74) is 0. The summed E-state index contributed by atoms with van der Waals surface area (Å²) in [5.74, 6) is -0.165. The van der Waals surface area contributed by atoms with E-state index in [-0.39, 0.29) is 5.75 Å². The molecule has 0 amide bonds. The maximum absolute atomic E-state index is 10.5. The van der Waals surface area contributed by atoms with Crippen molar-refractivity contribution in [1.29, 1.82) is 0 Å². The normalized spacial score (nSPS) is 12.3.